The minimum atomic E-state index is -0.273. The highest BCUT2D eigenvalue weighted by Gasteiger charge is 2.14. The smallest absolute Gasteiger partial charge is 0.0796 e. The van der Waals surface area contributed by atoms with Gasteiger partial charge in [0, 0.05) is 11.5 Å². The Kier molecular flexibility index (Phi) is 3.28. The molecular formula is C10H10BrClN4. The fourth-order valence-corrected chi connectivity index (χ4v) is 1.89. The summed E-state index contributed by atoms with van der Waals surface area (Å²) in [5.74, 6) is 0. The van der Waals surface area contributed by atoms with Crippen molar-refractivity contribution in [2.75, 3.05) is 0 Å². The molecule has 16 heavy (non-hydrogen) atoms. The Balaban J connectivity index is 2.38. The topological polar surface area (TPSA) is 56.7 Å². The summed E-state index contributed by atoms with van der Waals surface area (Å²) >= 11 is 9.36. The molecule has 1 atom stereocenters. The lowest BCUT2D eigenvalue weighted by Crippen LogP contribution is -2.15. The zero-order valence-electron chi connectivity index (χ0n) is 8.56. The van der Waals surface area contributed by atoms with Crippen LogP contribution >= 0.6 is 27.5 Å². The first kappa shape index (κ1) is 11.6. The molecule has 0 fully saturated rings. The molecule has 2 aromatic rings. The van der Waals surface area contributed by atoms with Crippen molar-refractivity contribution in [1.29, 1.82) is 0 Å². The highest BCUT2D eigenvalue weighted by molar-refractivity contribution is 9.10. The summed E-state index contributed by atoms with van der Waals surface area (Å²) in [4.78, 5) is 0. The number of benzene rings is 1. The lowest BCUT2D eigenvalue weighted by atomic mass is 10.1. The van der Waals surface area contributed by atoms with Crippen LogP contribution in [0.5, 0.6) is 0 Å². The molecule has 2 N–H and O–H groups in total. The van der Waals surface area contributed by atoms with E-state index >= 15 is 0 Å². The van der Waals surface area contributed by atoms with Crippen molar-refractivity contribution in [3.8, 4) is 0 Å². The van der Waals surface area contributed by atoms with Gasteiger partial charge in [-0.15, -0.1) is 5.10 Å². The Labute approximate surface area is 107 Å². The van der Waals surface area contributed by atoms with Crippen molar-refractivity contribution >= 4 is 27.5 Å². The maximum absolute atomic E-state index is 6.11. The zero-order valence-corrected chi connectivity index (χ0v) is 10.9. The number of aryl methyl sites for hydroxylation is 1. The van der Waals surface area contributed by atoms with Crippen LogP contribution in [0.4, 0.5) is 0 Å². The molecule has 1 unspecified atom stereocenters. The maximum atomic E-state index is 6.11. The third-order valence-corrected chi connectivity index (χ3v) is 3.60. The van der Waals surface area contributed by atoms with E-state index in [9.17, 15) is 0 Å². The minimum absolute atomic E-state index is 0.273. The molecule has 0 aliphatic carbocycles. The molecular weight excluding hydrogens is 291 g/mol. The third kappa shape index (κ3) is 2.11. The summed E-state index contributed by atoms with van der Waals surface area (Å²) < 4.78 is 2.51. The van der Waals surface area contributed by atoms with E-state index in [-0.39, 0.29) is 6.04 Å². The first-order chi connectivity index (χ1) is 7.59. The fraction of sp³-hybridized carbons (Fsp3) is 0.200. The van der Waals surface area contributed by atoms with Gasteiger partial charge in [-0.2, -0.15) is 0 Å². The molecule has 0 spiro atoms. The van der Waals surface area contributed by atoms with E-state index in [1.165, 1.54) is 0 Å². The molecule has 0 saturated carbocycles. The molecule has 6 heteroatoms. The molecule has 0 aliphatic heterocycles. The van der Waals surface area contributed by atoms with E-state index < -0.39 is 0 Å². The monoisotopic (exact) mass is 300 g/mol. The van der Waals surface area contributed by atoms with E-state index in [1.54, 1.807) is 10.9 Å². The summed E-state index contributed by atoms with van der Waals surface area (Å²) in [5, 5.41) is 8.29. The summed E-state index contributed by atoms with van der Waals surface area (Å²) in [5.41, 5.74) is 7.88. The van der Waals surface area contributed by atoms with Crippen LogP contribution in [0.3, 0.4) is 0 Å². The van der Waals surface area contributed by atoms with Crippen LogP contribution < -0.4 is 5.73 Å². The number of aromatic nitrogens is 3. The molecule has 0 radical (unpaired) electrons. The number of rotatable bonds is 2. The van der Waals surface area contributed by atoms with Gasteiger partial charge in [0.1, 0.15) is 0 Å². The molecule has 2 rings (SSSR count). The SMILES string of the molecule is Cn1nncc1C(N)c1ccc(Br)c(Cl)c1. The third-order valence-electron chi connectivity index (χ3n) is 2.37. The van der Waals surface area contributed by atoms with Crippen molar-refractivity contribution in [1.82, 2.24) is 15.0 Å². The average molecular weight is 302 g/mol. The molecule has 1 aromatic heterocycles. The van der Waals surface area contributed by atoms with Crippen LogP contribution in [0.1, 0.15) is 17.3 Å². The van der Waals surface area contributed by atoms with Gasteiger partial charge in [0.15, 0.2) is 0 Å². The highest BCUT2D eigenvalue weighted by atomic mass is 79.9. The van der Waals surface area contributed by atoms with Crippen LogP contribution in [0, 0.1) is 0 Å². The molecule has 4 nitrogen and oxygen atoms in total. The Hall–Kier alpha value is -0.910. The molecule has 1 aromatic carbocycles. The minimum Gasteiger partial charge on any atom is -0.319 e. The Morgan fingerprint density at radius 3 is 2.81 bits per heavy atom. The van der Waals surface area contributed by atoms with Crippen molar-refractivity contribution in [3.05, 3.63) is 45.1 Å². The van der Waals surface area contributed by atoms with Gasteiger partial charge in [0.05, 0.1) is 23.0 Å². The Bertz CT molecular complexity index is 511. The van der Waals surface area contributed by atoms with Gasteiger partial charge in [0.2, 0.25) is 0 Å². The number of nitrogens with zero attached hydrogens (tertiary/aromatic N) is 3. The number of halogens is 2. The van der Waals surface area contributed by atoms with Crippen molar-refractivity contribution < 1.29 is 0 Å². The van der Waals surface area contributed by atoms with Gasteiger partial charge in [-0.3, -0.25) is 4.68 Å². The predicted molar refractivity (Wildman–Crippen MR) is 66.2 cm³/mol. The summed E-state index contributed by atoms with van der Waals surface area (Å²) in [7, 11) is 1.81. The van der Waals surface area contributed by atoms with Gasteiger partial charge in [-0.05, 0) is 33.6 Å². The van der Waals surface area contributed by atoms with Crippen molar-refractivity contribution in [2.24, 2.45) is 12.8 Å². The molecule has 1 heterocycles. The van der Waals surface area contributed by atoms with Crippen LogP contribution in [0.25, 0.3) is 0 Å². The second kappa shape index (κ2) is 4.53. The summed E-state index contributed by atoms with van der Waals surface area (Å²) in [6, 6.07) is 5.36. The van der Waals surface area contributed by atoms with Crippen molar-refractivity contribution in [3.63, 3.8) is 0 Å². The fourth-order valence-electron chi connectivity index (χ4n) is 1.46. The molecule has 0 aliphatic rings. The van der Waals surface area contributed by atoms with Gasteiger partial charge < -0.3 is 5.73 Å². The summed E-state index contributed by atoms with van der Waals surface area (Å²) in [6.45, 7) is 0. The Morgan fingerprint density at radius 2 is 2.25 bits per heavy atom. The Morgan fingerprint density at radius 1 is 1.50 bits per heavy atom. The van der Waals surface area contributed by atoms with E-state index in [2.05, 4.69) is 26.2 Å². The van der Waals surface area contributed by atoms with Gasteiger partial charge >= 0.3 is 0 Å². The second-order valence-electron chi connectivity index (χ2n) is 3.43. The lowest BCUT2D eigenvalue weighted by Gasteiger charge is -2.12. The predicted octanol–water partition coefficient (Wildman–Crippen LogP) is 2.28. The van der Waals surface area contributed by atoms with Gasteiger partial charge in [-0.25, -0.2) is 0 Å². The van der Waals surface area contributed by atoms with E-state index in [0.717, 1.165) is 15.7 Å². The van der Waals surface area contributed by atoms with E-state index in [1.807, 2.05) is 25.2 Å². The summed E-state index contributed by atoms with van der Waals surface area (Å²) in [6.07, 6.45) is 1.65. The highest BCUT2D eigenvalue weighted by Crippen LogP contribution is 2.27. The average Bonchev–Trinajstić information content (AvgIpc) is 2.67. The maximum Gasteiger partial charge on any atom is 0.0796 e. The number of nitrogens with two attached hydrogens (primary N) is 1. The molecule has 0 amide bonds. The standard InChI is InChI=1S/C10H10BrClN4/c1-16-9(5-14-15-16)10(13)6-2-3-7(11)8(12)4-6/h2-5,10H,13H2,1H3. The van der Waals surface area contributed by atoms with Crippen LogP contribution in [0.15, 0.2) is 28.9 Å². The lowest BCUT2D eigenvalue weighted by molar-refractivity contribution is 0.651. The molecule has 0 bridgehead atoms. The zero-order chi connectivity index (χ0) is 11.7. The quantitative estimate of drug-likeness (QED) is 0.926. The number of hydrogen-bond donors (Lipinski definition) is 1. The first-order valence-electron chi connectivity index (χ1n) is 4.64. The molecule has 84 valence electrons. The first-order valence-corrected chi connectivity index (χ1v) is 5.82. The van der Waals surface area contributed by atoms with E-state index in [0.29, 0.717) is 5.02 Å². The van der Waals surface area contributed by atoms with Crippen LogP contribution in [-0.4, -0.2) is 15.0 Å². The van der Waals surface area contributed by atoms with Crippen molar-refractivity contribution in [2.45, 2.75) is 6.04 Å². The normalized spacial score (nSPS) is 12.8. The second-order valence-corrected chi connectivity index (χ2v) is 4.70. The number of hydrogen-bond acceptors (Lipinski definition) is 3. The van der Waals surface area contributed by atoms with Gasteiger partial charge in [-0.1, -0.05) is 22.9 Å². The van der Waals surface area contributed by atoms with Crippen LogP contribution in [0.2, 0.25) is 5.02 Å². The van der Waals surface area contributed by atoms with E-state index in [4.69, 9.17) is 17.3 Å². The largest absolute Gasteiger partial charge is 0.319 e. The van der Waals surface area contributed by atoms with Crippen LogP contribution in [-0.2, 0) is 7.05 Å². The molecule has 0 saturated heterocycles. The van der Waals surface area contributed by atoms with Gasteiger partial charge in [0.25, 0.3) is 0 Å².